The molecule has 11 atom stereocenters. The van der Waals surface area contributed by atoms with Crippen molar-refractivity contribution in [3.8, 4) is 0 Å². The van der Waals surface area contributed by atoms with Crippen LogP contribution in [0.15, 0.2) is 24.3 Å². The molecule has 0 radical (unpaired) electrons. The zero-order chi connectivity index (χ0) is 53.9. The summed E-state index contributed by atoms with van der Waals surface area (Å²) in [6.45, 7) is 2.59. The molecule has 15 nitrogen and oxygen atoms in total. The molecule has 0 saturated carbocycles. The molecule has 434 valence electrons. The van der Waals surface area contributed by atoms with Crippen LogP contribution in [0.4, 0.5) is 0 Å². The van der Waals surface area contributed by atoms with Gasteiger partial charge in [-0.25, -0.2) is 0 Å². The van der Waals surface area contributed by atoms with Gasteiger partial charge in [0.2, 0.25) is 0 Å². The van der Waals surface area contributed by atoms with Gasteiger partial charge in [0.15, 0.2) is 18.7 Å². The summed E-state index contributed by atoms with van der Waals surface area (Å²) in [5.74, 6) is -0.977. The number of esters is 2. The van der Waals surface area contributed by atoms with Crippen molar-refractivity contribution in [3.63, 3.8) is 0 Å². The first-order valence-corrected chi connectivity index (χ1v) is 29.9. The van der Waals surface area contributed by atoms with Crippen LogP contribution in [-0.4, -0.2) is 142 Å². The zero-order valence-electron chi connectivity index (χ0n) is 46.3. The van der Waals surface area contributed by atoms with Gasteiger partial charge in [0.1, 0.15) is 55.4 Å². The highest BCUT2D eigenvalue weighted by atomic mass is 16.7. The van der Waals surface area contributed by atoms with Crippen LogP contribution < -0.4 is 0 Å². The molecule has 0 aliphatic carbocycles. The van der Waals surface area contributed by atoms with Gasteiger partial charge < -0.3 is 64.2 Å². The van der Waals surface area contributed by atoms with E-state index in [0.717, 1.165) is 32.1 Å². The lowest BCUT2D eigenvalue weighted by molar-refractivity contribution is -0.332. The molecule has 0 aromatic rings. The van der Waals surface area contributed by atoms with E-state index < -0.39 is 99.3 Å². The Morgan fingerprint density at radius 1 is 0.419 bits per heavy atom. The van der Waals surface area contributed by atoms with Gasteiger partial charge in [-0.2, -0.15) is 0 Å². The van der Waals surface area contributed by atoms with Gasteiger partial charge in [-0.1, -0.05) is 199 Å². The van der Waals surface area contributed by atoms with Crippen LogP contribution in [0.1, 0.15) is 245 Å². The zero-order valence-corrected chi connectivity index (χ0v) is 46.3. The summed E-state index contributed by atoms with van der Waals surface area (Å²) in [6, 6.07) is 0. The minimum Gasteiger partial charge on any atom is -0.462 e. The van der Waals surface area contributed by atoms with Crippen LogP contribution in [-0.2, 0) is 38.0 Å². The Morgan fingerprint density at radius 2 is 0.784 bits per heavy atom. The Labute approximate surface area is 447 Å². The number of rotatable bonds is 48. The molecule has 2 aliphatic heterocycles. The number of hydrogen-bond donors (Lipinski definition) is 7. The van der Waals surface area contributed by atoms with Crippen molar-refractivity contribution in [3.05, 3.63) is 24.3 Å². The van der Waals surface area contributed by atoms with Crippen molar-refractivity contribution in [2.45, 2.75) is 313 Å². The SMILES string of the molecule is CCCCCCCCCCC/C=C/CCCCC(=O)OC[C@H](CO[C@H]1O[C@@H](CO[C@H]2O[C@@H](CO)[C@@H](O)C(O)C2O)[C@@H](O)C(O)C1O)OC(=O)CCC/C=C/CCCCCCCCCCCCCCCCCCCC. The number of allylic oxidation sites excluding steroid dienone is 4. The molecular weight excluding hydrogens is 949 g/mol. The molecule has 4 unspecified atom stereocenters. The highest BCUT2D eigenvalue weighted by Crippen LogP contribution is 2.27. The van der Waals surface area contributed by atoms with Gasteiger partial charge in [0.25, 0.3) is 0 Å². The first-order chi connectivity index (χ1) is 36.0. The maximum atomic E-state index is 13.1. The van der Waals surface area contributed by atoms with Crippen LogP contribution in [0.5, 0.6) is 0 Å². The highest BCUT2D eigenvalue weighted by molar-refractivity contribution is 5.70. The van der Waals surface area contributed by atoms with Crippen LogP contribution in [0.3, 0.4) is 0 Å². The fourth-order valence-corrected chi connectivity index (χ4v) is 9.51. The predicted molar refractivity (Wildman–Crippen MR) is 289 cm³/mol. The summed E-state index contributed by atoms with van der Waals surface area (Å²) in [7, 11) is 0. The fourth-order valence-electron chi connectivity index (χ4n) is 9.51. The van der Waals surface area contributed by atoms with E-state index in [9.17, 15) is 45.3 Å². The molecule has 74 heavy (non-hydrogen) atoms. The third kappa shape index (κ3) is 32.7. The molecule has 0 bridgehead atoms. The molecular formula is C59H108O15. The van der Waals surface area contributed by atoms with Gasteiger partial charge in [-0.15, -0.1) is 0 Å². The summed E-state index contributed by atoms with van der Waals surface area (Å²) in [5.41, 5.74) is 0. The van der Waals surface area contributed by atoms with Crippen molar-refractivity contribution in [1.82, 2.24) is 0 Å². The third-order valence-corrected chi connectivity index (χ3v) is 14.4. The number of hydrogen-bond acceptors (Lipinski definition) is 15. The summed E-state index contributed by atoms with van der Waals surface area (Å²) in [6.07, 6.45) is 33.6. The maximum Gasteiger partial charge on any atom is 0.306 e. The van der Waals surface area contributed by atoms with Crippen molar-refractivity contribution in [2.75, 3.05) is 26.4 Å². The summed E-state index contributed by atoms with van der Waals surface area (Å²) >= 11 is 0. The van der Waals surface area contributed by atoms with Gasteiger partial charge >= 0.3 is 11.9 Å². The van der Waals surface area contributed by atoms with Crippen LogP contribution in [0, 0.1) is 0 Å². The lowest BCUT2D eigenvalue weighted by atomic mass is 9.98. The molecule has 2 saturated heterocycles. The average molecular weight is 1060 g/mol. The first kappa shape index (κ1) is 68.1. The van der Waals surface area contributed by atoms with E-state index in [2.05, 4.69) is 38.2 Å². The third-order valence-electron chi connectivity index (χ3n) is 14.4. The maximum absolute atomic E-state index is 13.1. The first-order valence-electron chi connectivity index (χ1n) is 29.9. The average Bonchev–Trinajstić information content (AvgIpc) is 3.39. The van der Waals surface area contributed by atoms with Crippen LogP contribution in [0.2, 0.25) is 0 Å². The highest BCUT2D eigenvalue weighted by Gasteiger charge is 2.47. The molecule has 2 fully saturated rings. The Balaban J connectivity index is 1.74. The molecule has 0 aromatic heterocycles. The fraction of sp³-hybridized carbons (Fsp3) is 0.898. The molecule has 0 spiro atoms. The van der Waals surface area contributed by atoms with Crippen molar-refractivity contribution in [1.29, 1.82) is 0 Å². The lowest BCUT2D eigenvalue weighted by Crippen LogP contribution is -2.61. The lowest BCUT2D eigenvalue weighted by Gasteiger charge is -2.42. The van der Waals surface area contributed by atoms with Crippen LogP contribution >= 0.6 is 0 Å². The van der Waals surface area contributed by atoms with Gasteiger partial charge in [0.05, 0.1) is 19.8 Å². The molecule has 2 heterocycles. The Morgan fingerprint density at radius 3 is 1.23 bits per heavy atom. The van der Waals surface area contributed by atoms with E-state index in [1.807, 2.05) is 0 Å². The smallest absolute Gasteiger partial charge is 0.306 e. The van der Waals surface area contributed by atoms with Crippen molar-refractivity contribution >= 4 is 11.9 Å². The van der Waals surface area contributed by atoms with Gasteiger partial charge in [-0.05, 0) is 57.8 Å². The van der Waals surface area contributed by atoms with E-state index in [-0.39, 0.29) is 19.4 Å². The second-order valence-electron chi connectivity index (χ2n) is 21.2. The minimum atomic E-state index is -1.77. The Bertz CT molecular complexity index is 1380. The molecule has 15 heteroatoms. The Kier molecular flexibility index (Phi) is 42.3. The number of ether oxygens (including phenoxy) is 6. The summed E-state index contributed by atoms with van der Waals surface area (Å²) < 4.78 is 33.6. The van der Waals surface area contributed by atoms with Crippen molar-refractivity contribution < 1.29 is 73.8 Å². The van der Waals surface area contributed by atoms with E-state index in [1.165, 1.54) is 167 Å². The molecule has 0 aromatic carbocycles. The monoisotopic (exact) mass is 1060 g/mol. The second kappa shape index (κ2) is 45.9. The topological polar surface area (TPSA) is 231 Å². The molecule has 2 rings (SSSR count). The van der Waals surface area contributed by atoms with E-state index in [4.69, 9.17) is 28.4 Å². The largest absolute Gasteiger partial charge is 0.462 e. The summed E-state index contributed by atoms with van der Waals surface area (Å²) in [5, 5.41) is 72.3. The van der Waals surface area contributed by atoms with E-state index >= 15 is 0 Å². The van der Waals surface area contributed by atoms with E-state index in [1.54, 1.807) is 0 Å². The van der Waals surface area contributed by atoms with Gasteiger partial charge in [-0.3, -0.25) is 9.59 Å². The standard InChI is InChI=1S/C59H108O15/c1-3-5-7-9-11-13-15-17-19-20-21-22-23-24-25-26-28-30-32-34-36-38-40-42-51(62)72-47(44-69-50(61)41-39-37-35-33-31-29-27-18-16-14-12-10-8-6-4-2)45-70-58-57(68)55(66)53(64)49(74-58)46-71-59-56(67)54(65)52(63)48(43-60)73-59/h31,33-34,36,47-49,52-60,63-68H,3-30,32,35,37-46H2,1-2H3/b33-31+,36-34+/t47-,48+,49+,52-,53-,54?,55?,56?,57?,58+,59+/m1/s1. The van der Waals surface area contributed by atoms with Gasteiger partial charge in [0, 0.05) is 12.8 Å². The normalized spacial score (nSPS) is 24.8. The molecule has 0 amide bonds. The van der Waals surface area contributed by atoms with Crippen LogP contribution in [0.25, 0.3) is 0 Å². The van der Waals surface area contributed by atoms with Crippen molar-refractivity contribution in [2.24, 2.45) is 0 Å². The number of carbonyl (C=O) groups is 2. The quantitative estimate of drug-likeness (QED) is 0.0171. The van der Waals surface area contributed by atoms with E-state index in [0.29, 0.717) is 19.3 Å². The number of carbonyl (C=O) groups excluding carboxylic acids is 2. The number of aliphatic hydroxyl groups excluding tert-OH is 7. The second-order valence-corrected chi connectivity index (χ2v) is 21.2. The minimum absolute atomic E-state index is 0.117. The molecule has 2 aliphatic rings. The molecule has 7 N–H and O–H groups in total. The predicted octanol–water partition coefficient (Wildman–Crippen LogP) is 10.3. The summed E-state index contributed by atoms with van der Waals surface area (Å²) in [4.78, 5) is 25.9. The number of unbranched alkanes of at least 4 members (excludes halogenated alkanes) is 30. The Hall–Kier alpha value is -2.02. The number of aliphatic hydroxyl groups is 7.